The topological polar surface area (TPSA) is 221 Å². The van der Waals surface area contributed by atoms with Crippen LogP contribution in [-0.2, 0) is 22.4 Å². The first kappa shape index (κ1) is 41.0. The number of benzene rings is 3. The lowest BCUT2D eigenvalue weighted by atomic mass is 9.74. The number of nitrogens with two attached hydrogens (primary N) is 2. The number of fused-ring (bicyclic) bond motifs is 3. The summed E-state index contributed by atoms with van der Waals surface area (Å²) in [6, 6.07) is 12.0. The molecule has 12 heteroatoms. The number of unbranched alkanes of at least 4 members (excludes halogenated alkanes) is 1. The monoisotopic (exact) mass is 768 g/mol. The van der Waals surface area contributed by atoms with E-state index in [-0.39, 0.29) is 48.4 Å². The van der Waals surface area contributed by atoms with E-state index in [1.807, 2.05) is 0 Å². The molecule has 0 unspecified atom stereocenters. The number of piperidine rings is 1. The summed E-state index contributed by atoms with van der Waals surface area (Å²) in [6.07, 6.45) is 3.69. The summed E-state index contributed by atoms with van der Waals surface area (Å²) >= 11 is 0. The number of ether oxygens (including phenoxy) is 1. The molecule has 6 rings (SSSR count). The molecule has 2 aliphatic carbocycles. The summed E-state index contributed by atoms with van der Waals surface area (Å²) in [5, 5.41) is 60.7. The quantitative estimate of drug-likeness (QED) is 0.0506. The highest BCUT2D eigenvalue weighted by Gasteiger charge is 2.35. The van der Waals surface area contributed by atoms with E-state index in [2.05, 4.69) is 22.2 Å². The van der Waals surface area contributed by atoms with Crippen molar-refractivity contribution >= 4 is 28.3 Å². The third-order valence-corrected chi connectivity index (χ3v) is 12.0. The largest absolute Gasteiger partial charge is 0.508 e. The highest BCUT2D eigenvalue weighted by Crippen LogP contribution is 2.39. The number of phenolic OH excluding ortho intramolecular Hbond substituents is 2. The van der Waals surface area contributed by atoms with Gasteiger partial charge in [0.15, 0.2) is 23.2 Å². The summed E-state index contributed by atoms with van der Waals surface area (Å²) in [5.41, 5.74) is 13.6. The molecule has 1 saturated heterocycles. The summed E-state index contributed by atoms with van der Waals surface area (Å²) in [6.45, 7) is 1.18. The molecule has 0 amide bonds. The molecule has 0 spiro atoms. The van der Waals surface area contributed by atoms with Crippen LogP contribution in [0, 0.1) is 29.6 Å². The summed E-state index contributed by atoms with van der Waals surface area (Å²) in [7, 11) is 1.45. The molecule has 0 bridgehead atoms. The maximum atomic E-state index is 13.6. The van der Waals surface area contributed by atoms with Gasteiger partial charge in [0.1, 0.15) is 23.6 Å². The van der Waals surface area contributed by atoms with E-state index >= 15 is 0 Å². The Morgan fingerprint density at radius 1 is 1.02 bits per heavy atom. The van der Waals surface area contributed by atoms with E-state index in [9.17, 15) is 35.1 Å². The van der Waals surface area contributed by atoms with Crippen molar-refractivity contribution < 1.29 is 39.9 Å². The standard InChI is InChI=1S/C44H56N4O8/c1-56-42-20-28-9-13-39(52)34(38(51)5-3-2-4-25-16-30-7-11-33(50)22-37(30)48-24-25)12-8-27(36(28)23-40(42)53)19-41(54)43(55)31-17-26-6-10-32(49)21-35(26)29(18-31)14-15-47-44(45)46/h6,10,17-18,20-21,23,25,27,30,34,37-38,41,43,48-49,51,53-55H,2-5,7,9,11,13-16,19,22,24H2,1H3,(H4,45,46,47)/t25-,27-,30+,34+,37+,38+,41-,43+/m0/s1. The highest BCUT2D eigenvalue weighted by atomic mass is 16.5. The zero-order chi connectivity index (χ0) is 39.9. The van der Waals surface area contributed by atoms with E-state index in [1.165, 1.54) is 7.11 Å². The third kappa shape index (κ3) is 10.0. The molecule has 1 saturated carbocycles. The number of aliphatic hydroxyl groups excluding tert-OH is 3. The van der Waals surface area contributed by atoms with Crippen molar-refractivity contribution in [3.63, 3.8) is 0 Å². The molecule has 10 N–H and O–H groups in total. The second-order valence-electron chi connectivity index (χ2n) is 15.9. The number of aliphatic imine (C=N–C) groups is 1. The zero-order valence-electron chi connectivity index (χ0n) is 32.1. The van der Waals surface area contributed by atoms with E-state index in [0.29, 0.717) is 66.9 Å². The number of aryl methyl sites for hydroxylation is 1. The lowest BCUT2D eigenvalue weighted by Crippen LogP contribution is -2.48. The van der Waals surface area contributed by atoms with Crippen LogP contribution >= 0.6 is 0 Å². The van der Waals surface area contributed by atoms with Gasteiger partial charge in [0.2, 0.25) is 0 Å². The van der Waals surface area contributed by atoms with Crippen LogP contribution in [0.5, 0.6) is 17.2 Å². The van der Waals surface area contributed by atoms with Crippen LogP contribution in [0.25, 0.3) is 10.8 Å². The molecule has 56 heavy (non-hydrogen) atoms. The minimum absolute atomic E-state index is 0.0354. The number of carbonyl (C=O) groups is 2. The number of aliphatic hydroxyl groups is 3. The average Bonchev–Trinajstić information content (AvgIpc) is 3.23. The van der Waals surface area contributed by atoms with Gasteiger partial charge in [-0.1, -0.05) is 36.8 Å². The molecule has 300 valence electrons. The van der Waals surface area contributed by atoms with Crippen molar-refractivity contribution in [2.75, 3.05) is 20.2 Å². The van der Waals surface area contributed by atoms with Crippen molar-refractivity contribution in [3.05, 3.63) is 64.7 Å². The molecule has 0 radical (unpaired) electrons. The second-order valence-corrected chi connectivity index (χ2v) is 15.9. The first-order valence-electron chi connectivity index (χ1n) is 19.9. The van der Waals surface area contributed by atoms with Gasteiger partial charge in [-0.2, -0.15) is 0 Å². The van der Waals surface area contributed by atoms with Crippen molar-refractivity contribution in [2.45, 2.75) is 107 Å². The Bertz CT molecular complexity index is 1980. The number of nitrogens with one attached hydrogen (secondary N) is 1. The summed E-state index contributed by atoms with van der Waals surface area (Å²) < 4.78 is 5.38. The van der Waals surface area contributed by atoms with E-state index in [4.69, 9.17) is 16.2 Å². The molecule has 3 aromatic rings. The average molecular weight is 769 g/mol. The van der Waals surface area contributed by atoms with Crippen LogP contribution in [0.2, 0.25) is 0 Å². The molecule has 0 aromatic heterocycles. The molecule has 3 aromatic carbocycles. The fourth-order valence-electron chi connectivity index (χ4n) is 8.90. The van der Waals surface area contributed by atoms with Gasteiger partial charge in [0, 0.05) is 37.8 Å². The number of hydrogen-bond acceptors (Lipinski definition) is 10. The number of aromatic hydroxyl groups is 2. The van der Waals surface area contributed by atoms with Crippen molar-refractivity contribution in [2.24, 2.45) is 34.2 Å². The fraction of sp³-hybridized carbons (Fsp3) is 0.523. The minimum Gasteiger partial charge on any atom is -0.508 e. The second kappa shape index (κ2) is 18.5. The van der Waals surface area contributed by atoms with Gasteiger partial charge in [0.05, 0.1) is 19.3 Å². The van der Waals surface area contributed by atoms with E-state index < -0.39 is 30.1 Å². The third-order valence-electron chi connectivity index (χ3n) is 12.0. The Morgan fingerprint density at radius 3 is 2.62 bits per heavy atom. The Balaban J connectivity index is 1.18. The van der Waals surface area contributed by atoms with Crippen molar-refractivity contribution in [1.29, 1.82) is 0 Å². The van der Waals surface area contributed by atoms with E-state index in [0.717, 1.165) is 60.5 Å². The number of ketones is 2. The predicted octanol–water partition coefficient (Wildman–Crippen LogP) is 4.05. The molecule has 3 aliphatic rings. The molecular weight excluding hydrogens is 713 g/mol. The van der Waals surface area contributed by atoms with E-state index in [1.54, 1.807) is 42.5 Å². The van der Waals surface area contributed by atoms with Crippen LogP contribution < -0.4 is 21.5 Å². The highest BCUT2D eigenvalue weighted by molar-refractivity contribution is 5.88. The number of phenols is 2. The number of Topliss-reactive ketones (excluding diaryl/α,β-unsaturated/α-hetero) is 2. The molecule has 8 atom stereocenters. The van der Waals surface area contributed by atoms with Crippen LogP contribution in [0.3, 0.4) is 0 Å². The predicted molar refractivity (Wildman–Crippen MR) is 214 cm³/mol. The zero-order valence-corrected chi connectivity index (χ0v) is 32.1. The first-order valence-corrected chi connectivity index (χ1v) is 19.9. The molecular formula is C44H56N4O8. The molecule has 12 nitrogen and oxygen atoms in total. The Morgan fingerprint density at radius 2 is 1.84 bits per heavy atom. The Hall–Kier alpha value is -4.67. The van der Waals surface area contributed by atoms with Crippen LogP contribution in [0.15, 0.2) is 47.5 Å². The SMILES string of the molecule is COc1cc2c(cc1O)[C@H](C[C@H](O)[C@H](O)c1cc(CCN=C(N)N)c3cc(O)ccc3c1)C#C[C@H]([C@H](O)CCCC[C@@H]1CN[C@@H]3CC(=O)CC[C@@H]3C1)C(=O)CC2. The summed E-state index contributed by atoms with van der Waals surface area (Å²) in [5.74, 6) is 6.06. The Kier molecular flexibility index (Phi) is 13.5. The normalized spacial score (nSPS) is 24.0. The van der Waals surface area contributed by atoms with Crippen molar-refractivity contribution in [1.82, 2.24) is 5.32 Å². The van der Waals surface area contributed by atoms with Gasteiger partial charge in [-0.25, -0.2) is 0 Å². The van der Waals surface area contributed by atoms with Gasteiger partial charge in [0.25, 0.3) is 0 Å². The van der Waals surface area contributed by atoms with Gasteiger partial charge < -0.3 is 47.1 Å². The van der Waals surface area contributed by atoms with Crippen LogP contribution in [-0.4, -0.2) is 81.5 Å². The number of methoxy groups -OCH3 is 1. The summed E-state index contributed by atoms with van der Waals surface area (Å²) in [4.78, 5) is 29.6. The maximum Gasteiger partial charge on any atom is 0.185 e. The number of guanidine groups is 1. The molecule has 1 aliphatic heterocycles. The fourth-order valence-corrected chi connectivity index (χ4v) is 8.90. The minimum atomic E-state index is -1.34. The van der Waals surface area contributed by atoms with Crippen LogP contribution in [0.1, 0.15) is 98.5 Å². The number of carbonyl (C=O) groups excluding carboxylic acids is 2. The molecule has 2 fully saturated rings. The number of nitrogens with zero attached hydrogens (tertiary/aromatic N) is 1. The van der Waals surface area contributed by atoms with Crippen LogP contribution in [0.4, 0.5) is 0 Å². The van der Waals surface area contributed by atoms with Gasteiger partial charge in [-0.15, -0.1) is 0 Å². The molecule has 1 heterocycles. The van der Waals surface area contributed by atoms with Gasteiger partial charge in [-0.3, -0.25) is 14.6 Å². The lowest BCUT2D eigenvalue weighted by Gasteiger charge is -2.39. The lowest BCUT2D eigenvalue weighted by molar-refractivity contribution is -0.124. The Labute approximate surface area is 328 Å². The van der Waals surface area contributed by atoms with Gasteiger partial charge >= 0.3 is 0 Å². The smallest absolute Gasteiger partial charge is 0.185 e. The maximum absolute atomic E-state index is 13.6. The van der Waals surface area contributed by atoms with Gasteiger partial charge in [-0.05, 0) is 127 Å². The van der Waals surface area contributed by atoms with Crippen molar-refractivity contribution in [3.8, 4) is 29.1 Å². The first-order chi connectivity index (χ1) is 26.9. The number of hydrogen-bond donors (Lipinski definition) is 8. The number of rotatable bonds is 14.